The number of benzene rings is 2. The van der Waals surface area contributed by atoms with Crippen LogP contribution < -0.4 is 20.7 Å². The van der Waals surface area contributed by atoms with Gasteiger partial charge in [-0.2, -0.15) is 4.72 Å². The lowest BCUT2D eigenvalue weighted by atomic mass is 10.1. The summed E-state index contributed by atoms with van der Waals surface area (Å²) in [6.07, 6.45) is 0.357. The third-order valence-electron chi connectivity index (χ3n) is 4.49. The number of nitro groups is 1. The first-order valence-electron chi connectivity index (χ1n) is 9.93. The van der Waals surface area contributed by atoms with E-state index in [-0.39, 0.29) is 30.2 Å². The quantitative estimate of drug-likeness (QED) is 0.0877. The monoisotopic (exact) mass is 495 g/mol. The fourth-order valence-electron chi connectivity index (χ4n) is 2.80. The third kappa shape index (κ3) is 7.99. The second kappa shape index (κ2) is 11.9. The first-order chi connectivity index (χ1) is 16.0. The molecule has 13 nitrogen and oxygen atoms in total. The van der Waals surface area contributed by atoms with E-state index in [4.69, 9.17) is 20.7 Å². The summed E-state index contributed by atoms with van der Waals surface area (Å²) in [4.78, 5) is 26.6. The van der Waals surface area contributed by atoms with Gasteiger partial charge in [0.05, 0.1) is 23.0 Å². The average molecular weight is 496 g/mol. The number of sulfonamides is 1. The molecule has 0 radical (unpaired) electrons. The Kier molecular flexibility index (Phi) is 9.29. The number of ether oxygens (including phenoxy) is 1. The fraction of sp³-hybridized carbons (Fsp3) is 0.300. The van der Waals surface area contributed by atoms with Crippen LogP contribution in [0.15, 0.2) is 47.4 Å². The molecule has 0 aliphatic rings. The number of nitrogens with two attached hydrogens (primary N) is 1. The number of carboxylic acids is 1. The molecule has 2 aromatic carbocycles. The Morgan fingerprint density at radius 2 is 1.91 bits per heavy atom. The minimum atomic E-state index is -4.33. The number of guanidine groups is 1. The van der Waals surface area contributed by atoms with Gasteiger partial charge in [0, 0.05) is 18.1 Å². The molecule has 0 amide bonds. The largest absolute Gasteiger partial charge is 0.494 e. The number of aliphatic carboxylic acids is 1. The van der Waals surface area contributed by atoms with E-state index in [9.17, 15) is 28.4 Å². The molecule has 0 saturated carbocycles. The van der Waals surface area contributed by atoms with Gasteiger partial charge in [-0.05, 0) is 37.1 Å². The normalized spacial score (nSPS) is 12.0. The van der Waals surface area contributed by atoms with Gasteiger partial charge in [-0.15, -0.1) is 0 Å². The Morgan fingerprint density at radius 3 is 2.50 bits per heavy atom. The molecule has 0 aromatic heterocycles. The molecular formula is C20H25N5O8S. The molecule has 0 unspecified atom stereocenters. The van der Waals surface area contributed by atoms with E-state index >= 15 is 0 Å². The van der Waals surface area contributed by atoms with E-state index in [2.05, 4.69) is 10.2 Å². The lowest BCUT2D eigenvalue weighted by Crippen LogP contribution is -2.42. The van der Waals surface area contributed by atoms with Gasteiger partial charge in [-0.3, -0.25) is 25.2 Å². The van der Waals surface area contributed by atoms with Gasteiger partial charge in [-0.1, -0.05) is 18.2 Å². The van der Waals surface area contributed by atoms with Crippen molar-refractivity contribution in [2.45, 2.75) is 30.7 Å². The zero-order valence-corrected chi connectivity index (χ0v) is 19.0. The highest BCUT2D eigenvalue weighted by molar-refractivity contribution is 7.89. The van der Waals surface area contributed by atoms with Crippen molar-refractivity contribution in [2.24, 2.45) is 5.73 Å². The number of nitrogens with zero attached hydrogens (tertiary/aromatic N) is 1. The highest BCUT2D eigenvalue weighted by atomic mass is 32.2. The van der Waals surface area contributed by atoms with Crippen molar-refractivity contribution in [1.82, 2.24) is 10.2 Å². The van der Waals surface area contributed by atoms with Crippen LogP contribution in [0.3, 0.4) is 0 Å². The van der Waals surface area contributed by atoms with Crippen LogP contribution in [0, 0.1) is 22.4 Å². The maximum atomic E-state index is 12.7. The van der Waals surface area contributed by atoms with E-state index in [1.165, 1.54) is 19.1 Å². The second-order valence-corrected chi connectivity index (χ2v) is 8.85. The smallest absolute Gasteiger partial charge is 0.322 e. The SMILES string of the molecule is Cc1ccc(S(=O)(=O)N[C@@H](Cc2ccc(OCCCONC(=N)N)cc2)C(=O)O)cc1[N+](=O)[O-]. The van der Waals surface area contributed by atoms with Gasteiger partial charge >= 0.3 is 5.97 Å². The van der Waals surface area contributed by atoms with Crippen LogP contribution in [-0.2, 0) is 26.1 Å². The molecule has 6 N–H and O–H groups in total. The number of carbonyl (C=O) groups is 1. The Labute approximate surface area is 195 Å². The molecule has 1 atom stereocenters. The topological polar surface area (TPSA) is 207 Å². The number of carboxylic acid groups (broad SMARTS) is 1. The van der Waals surface area contributed by atoms with Crippen molar-refractivity contribution in [3.05, 3.63) is 63.7 Å². The molecule has 0 heterocycles. The number of aryl methyl sites for hydroxylation is 1. The van der Waals surface area contributed by atoms with Gasteiger partial charge in [0.25, 0.3) is 5.69 Å². The summed E-state index contributed by atoms with van der Waals surface area (Å²) in [5, 5.41) is 27.6. The molecule has 2 aromatic rings. The number of nitro benzene ring substituents is 1. The standard InChI is InChI=1S/C20H25N5O8S/c1-13-3-8-16(12-18(13)25(28)29)34(30,31)24-17(19(26)27)11-14-4-6-15(7-5-14)32-9-2-10-33-23-20(21)22/h3-8,12,17,24H,2,9-11H2,1H3,(H,26,27)(H4,21,22,23)/t17-/m0/s1. The van der Waals surface area contributed by atoms with Crippen LogP contribution in [0.5, 0.6) is 5.75 Å². The zero-order chi connectivity index (χ0) is 25.3. The van der Waals surface area contributed by atoms with Crippen LogP contribution in [0.2, 0.25) is 0 Å². The molecule has 0 aliphatic carbocycles. The molecule has 0 saturated heterocycles. The molecular weight excluding hydrogens is 470 g/mol. The van der Waals surface area contributed by atoms with Gasteiger partial charge < -0.3 is 15.6 Å². The number of rotatable bonds is 13. The van der Waals surface area contributed by atoms with Crippen LogP contribution in [0.25, 0.3) is 0 Å². The van der Waals surface area contributed by atoms with E-state index in [1.54, 1.807) is 24.3 Å². The van der Waals surface area contributed by atoms with Crippen molar-refractivity contribution < 1.29 is 32.8 Å². The summed E-state index contributed by atoms with van der Waals surface area (Å²) in [7, 11) is -4.33. The molecule has 2 rings (SSSR count). The highest BCUT2D eigenvalue weighted by Crippen LogP contribution is 2.22. The lowest BCUT2D eigenvalue weighted by Gasteiger charge is -2.15. The molecule has 184 valence electrons. The molecule has 0 bridgehead atoms. The van der Waals surface area contributed by atoms with E-state index in [1.807, 2.05) is 0 Å². The number of hydrogen-bond donors (Lipinski definition) is 5. The first-order valence-corrected chi connectivity index (χ1v) is 11.4. The van der Waals surface area contributed by atoms with E-state index in [0.29, 0.717) is 24.3 Å². The van der Waals surface area contributed by atoms with E-state index < -0.39 is 31.9 Å². The molecule has 0 fully saturated rings. The summed E-state index contributed by atoms with van der Waals surface area (Å²) in [5.41, 5.74) is 7.69. The van der Waals surface area contributed by atoms with Crippen molar-refractivity contribution in [1.29, 1.82) is 5.41 Å². The maximum absolute atomic E-state index is 12.7. The van der Waals surface area contributed by atoms with E-state index in [0.717, 1.165) is 6.07 Å². The predicted octanol–water partition coefficient (Wildman–Crippen LogP) is 1.06. The van der Waals surface area contributed by atoms with Gasteiger partial charge in [0.15, 0.2) is 0 Å². The minimum Gasteiger partial charge on any atom is -0.494 e. The molecule has 0 spiro atoms. The Balaban J connectivity index is 2.00. The van der Waals surface area contributed by atoms with Crippen LogP contribution >= 0.6 is 0 Å². The van der Waals surface area contributed by atoms with Gasteiger partial charge in [0.2, 0.25) is 16.0 Å². The lowest BCUT2D eigenvalue weighted by molar-refractivity contribution is -0.385. The van der Waals surface area contributed by atoms with Crippen LogP contribution in [-0.4, -0.2) is 49.6 Å². The maximum Gasteiger partial charge on any atom is 0.322 e. The summed E-state index contributed by atoms with van der Waals surface area (Å²) >= 11 is 0. The predicted molar refractivity (Wildman–Crippen MR) is 121 cm³/mol. The van der Waals surface area contributed by atoms with Crippen molar-refractivity contribution >= 4 is 27.6 Å². The number of hydroxylamine groups is 1. The third-order valence-corrected chi connectivity index (χ3v) is 5.96. The fourth-order valence-corrected chi connectivity index (χ4v) is 4.00. The summed E-state index contributed by atoms with van der Waals surface area (Å²) in [6.45, 7) is 2.05. The minimum absolute atomic E-state index is 0.159. The Bertz CT molecular complexity index is 1140. The molecule has 34 heavy (non-hydrogen) atoms. The summed E-state index contributed by atoms with van der Waals surface area (Å²) in [5.74, 6) is -1.19. The zero-order valence-electron chi connectivity index (χ0n) is 18.2. The number of hydrogen-bond acceptors (Lipinski definition) is 8. The Morgan fingerprint density at radius 1 is 1.24 bits per heavy atom. The Hall–Kier alpha value is -3.75. The first kappa shape index (κ1) is 26.5. The average Bonchev–Trinajstić information content (AvgIpc) is 2.76. The van der Waals surface area contributed by atoms with Crippen LogP contribution in [0.1, 0.15) is 17.5 Å². The van der Waals surface area contributed by atoms with Crippen molar-refractivity contribution in [2.75, 3.05) is 13.2 Å². The summed E-state index contributed by atoms with van der Waals surface area (Å²) < 4.78 is 32.9. The van der Waals surface area contributed by atoms with Crippen LogP contribution in [0.4, 0.5) is 5.69 Å². The number of nitrogens with one attached hydrogen (secondary N) is 3. The summed E-state index contributed by atoms with van der Waals surface area (Å²) in [6, 6.07) is 8.28. The van der Waals surface area contributed by atoms with Gasteiger partial charge in [0.1, 0.15) is 11.8 Å². The van der Waals surface area contributed by atoms with Crippen molar-refractivity contribution in [3.8, 4) is 5.75 Å². The van der Waals surface area contributed by atoms with Gasteiger partial charge in [-0.25, -0.2) is 13.9 Å². The molecule has 14 heteroatoms. The second-order valence-electron chi connectivity index (χ2n) is 7.13. The molecule has 0 aliphatic heterocycles. The highest BCUT2D eigenvalue weighted by Gasteiger charge is 2.27. The van der Waals surface area contributed by atoms with Crippen molar-refractivity contribution in [3.63, 3.8) is 0 Å².